The molecule has 0 bridgehead atoms. The van der Waals surface area contributed by atoms with Gasteiger partial charge < -0.3 is 20.1 Å². The average Bonchev–Trinajstić information content (AvgIpc) is 2.72. The number of carbonyl (C=O) groups excluding carboxylic acids is 1. The number of anilines is 1. The summed E-state index contributed by atoms with van der Waals surface area (Å²) in [5.74, 6) is 1.34. The Morgan fingerprint density at radius 1 is 1.04 bits per heavy atom. The molecule has 0 aliphatic heterocycles. The topological polar surface area (TPSA) is 72.5 Å². The van der Waals surface area contributed by atoms with E-state index in [0.717, 1.165) is 17.0 Å². The fourth-order valence-corrected chi connectivity index (χ4v) is 2.48. The summed E-state index contributed by atoms with van der Waals surface area (Å²) in [6.45, 7) is 0.772. The fourth-order valence-electron chi connectivity index (χ4n) is 2.48. The van der Waals surface area contributed by atoms with Gasteiger partial charge in [0.1, 0.15) is 18.1 Å². The third-order valence-electron chi connectivity index (χ3n) is 3.82. The van der Waals surface area contributed by atoms with Crippen molar-refractivity contribution in [3.05, 3.63) is 84.2 Å². The van der Waals surface area contributed by atoms with E-state index in [2.05, 4.69) is 15.6 Å². The first-order valence-corrected chi connectivity index (χ1v) is 8.54. The van der Waals surface area contributed by atoms with E-state index in [9.17, 15) is 4.79 Å². The second-order valence-electron chi connectivity index (χ2n) is 5.77. The third kappa shape index (κ3) is 5.47. The molecule has 3 aromatic rings. The Morgan fingerprint density at radius 2 is 1.89 bits per heavy atom. The summed E-state index contributed by atoms with van der Waals surface area (Å²) < 4.78 is 11.0. The van der Waals surface area contributed by atoms with Gasteiger partial charge in [0.2, 0.25) is 0 Å². The molecule has 138 valence electrons. The van der Waals surface area contributed by atoms with Crippen molar-refractivity contribution >= 4 is 11.7 Å². The zero-order valence-electron chi connectivity index (χ0n) is 15.0. The first-order valence-electron chi connectivity index (χ1n) is 8.54. The summed E-state index contributed by atoms with van der Waals surface area (Å²) in [5.41, 5.74) is 2.41. The molecular weight excluding hydrogens is 342 g/mol. The van der Waals surface area contributed by atoms with Crippen LogP contribution in [0.25, 0.3) is 0 Å². The minimum Gasteiger partial charge on any atom is -0.495 e. The molecule has 0 spiro atoms. The summed E-state index contributed by atoms with van der Waals surface area (Å²) in [6.07, 6.45) is 1.74. The van der Waals surface area contributed by atoms with Gasteiger partial charge in [-0.25, -0.2) is 4.79 Å². The van der Waals surface area contributed by atoms with Crippen molar-refractivity contribution in [2.75, 3.05) is 12.4 Å². The van der Waals surface area contributed by atoms with Gasteiger partial charge in [-0.2, -0.15) is 0 Å². The van der Waals surface area contributed by atoms with Crippen LogP contribution in [0.15, 0.2) is 72.9 Å². The lowest BCUT2D eigenvalue weighted by molar-refractivity contribution is 0.251. The summed E-state index contributed by atoms with van der Waals surface area (Å²) in [4.78, 5) is 16.4. The smallest absolute Gasteiger partial charge is 0.319 e. The van der Waals surface area contributed by atoms with Gasteiger partial charge >= 0.3 is 6.03 Å². The van der Waals surface area contributed by atoms with E-state index in [1.165, 1.54) is 0 Å². The summed E-state index contributed by atoms with van der Waals surface area (Å²) in [5, 5.41) is 5.60. The molecule has 0 aliphatic rings. The largest absolute Gasteiger partial charge is 0.495 e. The third-order valence-corrected chi connectivity index (χ3v) is 3.82. The molecule has 0 atom stereocenters. The Kier molecular flexibility index (Phi) is 6.25. The van der Waals surface area contributed by atoms with Gasteiger partial charge in [-0.05, 0) is 42.0 Å². The number of ether oxygens (including phenoxy) is 2. The number of methoxy groups -OCH3 is 1. The molecular formula is C21H21N3O3. The maximum Gasteiger partial charge on any atom is 0.319 e. The van der Waals surface area contributed by atoms with Crippen LogP contribution in [0.2, 0.25) is 0 Å². The molecule has 6 nitrogen and oxygen atoms in total. The number of nitrogens with one attached hydrogen (secondary N) is 2. The molecule has 6 heteroatoms. The van der Waals surface area contributed by atoms with Crippen molar-refractivity contribution in [3.8, 4) is 11.5 Å². The SMILES string of the molecule is COc1ccccc1NC(=O)NCc1cccc(OCc2ccccn2)c1. The predicted octanol–water partition coefficient (Wildman–Crippen LogP) is 3.99. The highest BCUT2D eigenvalue weighted by Crippen LogP contribution is 2.22. The van der Waals surface area contributed by atoms with Crippen molar-refractivity contribution in [1.29, 1.82) is 0 Å². The molecule has 0 saturated carbocycles. The van der Waals surface area contributed by atoms with E-state index >= 15 is 0 Å². The molecule has 0 aliphatic carbocycles. The van der Waals surface area contributed by atoms with E-state index in [0.29, 0.717) is 24.6 Å². The molecule has 2 aromatic carbocycles. The number of carbonyl (C=O) groups is 1. The maximum atomic E-state index is 12.1. The predicted molar refractivity (Wildman–Crippen MR) is 104 cm³/mol. The van der Waals surface area contributed by atoms with Gasteiger partial charge in [0.25, 0.3) is 0 Å². The number of rotatable bonds is 7. The van der Waals surface area contributed by atoms with Crippen LogP contribution >= 0.6 is 0 Å². The van der Waals surface area contributed by atoms with Crippen LogP contribution in [0, 0.1) is 0 Å². The first kappa shape index (κ1) is 18.3. The highest BCUT2D eigenvalue weighted by Gasteiger charge is 2.06. The van der Waals surface area contributed by atoms with Gasteiger partial charge in [0.05, 0.1) is 18.5 Å². The van der Waals surface area contributed by atoms with Crippen LogP contribution in [-0.2, 0) is 13.2 Å². The van der Waals surface area contributed by atoms with Crippen LogP contribution in [0.5, 0.6) is 11.5 Å². The lowest BCUT2D eigenvalue weighted by Gasteiger charge is -2.11. The number of urea groups is 1. The second kappa shape index (κ2) is 9.24. The maximum absolute atomic E-state index is 12.1. The van der Waals surface area contributed by atoms with Crippen molar-refractivity contribution < 1.29 is 14.3 Å². The molecule has 0 radical (unpaired) electrons. The number of nitrogens with zero attached hydrogens (tertiary/aromatic N) is 1. The fraction of sp³-hybridized carbons (Fsp3) is 0.143. The lowest BCUT2D eigenvalue weighted by Crippen LogP contribution is -2.28. The number of amides is 2. The van der Waals surface area contributed by atoms with Gasteiger partial charge in [0, 0.05) is 12.7 Å². The molecule has 0 fully saturated rings. The average molecular weight is 363 g/mol. The van der Waals surface area contributed by atoms with Gasteiger partial charge in [-0.1, -0.05) is 30.3 Å². The molecule has 0 saturated heterocycles. The van der Waals surface area contributed by atoms with Gasteiger partial charge in [-0.3, -0.25) is 4.98 Å². The number of para-hydroxylation sites is 2. The summed E-state index contributed by atoms with van der Waals surface area (Å²) >= 11 is 0. The number of aromatic nitrogens is 1. The van der Waals surface area contributed by atoms with E-state index in [-0.39, 0.29) is 6.03 Å². The van der Waals surface area contributed by atoms with E-state index in [1.807, 2.05) is 54.6 Å². The first-order chi connectivity index (χ1) is 13.2. The van der Waals surface area contributed by atoms with Gasteiger partial charge in [-0.15, -0.1) is 0 Å². The van der Waals surface area contributed by atoms with Crippen molar-refractivity contribution in [1.82, 2.24) is 10.3 Å². The second-order valence-corrected chi connectivity index (χ2v) is 5.77. The lowest BCUT2D eigenvalue weighted by atomic mass is 10.2. The zero-order valence-corrected chi connectivity index (χ0v) is 15.0. The van der Waals surface area contributed by atoms with Crippen molar-refractivity contribution in [2.45, 2.75) is 13.2 Å². The molecule has 27 heavy (non-hydrogen) atoms. The summed E-state index contributed by atoms with van der Waals surface area (Å²) in [6, 6.07) is 20.2. The zero-order chi connectivity index (χ0) is 18.9. The molecule has 1 aromatic heterocycles. The Bertz CT molecular complexity index is 885. The van der Waals surface area contributed by atoms with Crippen molar-refractivity contribution in [2.24, 2.45) is 0 Å². The van der Waals surface area contributed by atoms with E-state index in [4.69, 9.17) is 9.47 Å². The van der Waals surface area contributed by atoms with Crippen molar-refractivity contribution in [3.63, 3.8) is 0 Å². The van der Waals surface area contributed by atoms with Gasteiger partial charge in [0.15, 0.2) is 0 Å². The molecule has 0 unspecified atom stereocenters. The normalized spacial score (nSPS) is 10.1. The van der Waals surface area contributed by atoms with Crippen LogP contribution in [0.1, 0.15) is 11.3 Å². The molecule has 2 amide bonds. The standard InChI is InChI=1S/C21H21N3O3/c1-26-20-11-3-2-10-19(20)24-21(25)23-14-16-7-6-9-18(13-16)27-15-17-8-4-5-12-22-17/h2-13H,14-15H2,1H3,(H2,23,24,25). The number of pyridine rings is 1. The number of benzene rings is 2. The van der Waals surface area contributed by atoms with Crippen LogP contribution in [-0.4, -0.2) is 18.1 Å². The molecule has 3 rings (SSSR count). The van der Waals surface area contributed by atoms with Crippen LogP contribution in [0.3, 0.4) is 0 Å². The Balaban J connectivity index is 1.52. The monoisotopic (exact) mass is 363 g/mol. The van der Waals surface area contributed by atoms with E-state index < -0.39 is 0 Å². The number of hydrogen-bond acceptors (Lipinski definition) is 4. The Labute approximate surface area is 158 Å². The number of hydrogen-bond donors (Lipinski definition) is 2. The quantitative estimate of drug-likeness (QED) is 0.666. The van der Waals surface area contributed by atoms with Crippen LogP contribution < -0.4 is 20.1 Å². The minimum atomic E-state index is -0.306. The van der Waals surface area contributed by atoms with Crippen LogP contribution in [0.4, 0.5) is 10.5 Å². The highest BCUT2D eigenvalue weighted by molar-refractivity contribution is 5.90. The Hall–Kier alpha value is -3.54. The molecule has 1 heterocycles. The molecule has 2 N–H and O–H groups in total. The minimum absolute atomic E-state index is 0.306. The Morgan fingerprint density at radius 3 is 2.70 bits per heavy atom. The van der Waals surface area contributed by atoms with E-state index in [1.54, 1.807) is 25.4 Å². The highest BCUT2D eigenvalue weighted by atomic mass is 16.5. The summed E-state index contributed by atoms with van der Waals surface area (Å²) in [7, 11) is 1.56.